The molecule has 0 spiro atoms. The molecule has 6 heteroatoms. The molecule has 0 radical (unpaired) electrons. The first-order chi connectivity index (χ1) is 8.08. The van der Waals surface area contributed by atoms with Crippen LogP contribution in [-0.4, -0.2) is 49.5 Å². The number of nitrogens with one attached hydrogen (secondary N) is 1. The third kappa shape index (κ3) is 3.99. The zero-order valence-electron chi connectivity index (χ0n) is 10.1. The van der Waals surface area contributed by atoms with E-state index < -0.39 is 30.6 Å². The summed E-state index contributed by atoms with van der Waals surface area (Å²) >= 11 is 0. The van der Waals surface area contributed by atoms with Gasteiger partial charge in [0, 0.05) is 13.5 Å². The van der Waals surface area contributed by atoms with Crippen molar-refractivity contribution in [1.29, 1.82) is 0 Å². The lowest BCUT2D eigenvalue weighted by molar-refractivity contribution is -0.214. The first-order valence-corrected chi connectivity index (χ1v) is 5.49. The third-order valence-corrected chi connectivity index (χ3v) is 2.60. The minimum absolute atomic E-state index is 0.133. The maximum atomic E-state index is 11.3. The topological polar surface area (TPSA) is 77.0 Å². The Kier molecular flexibility index (Phi) is 5.40. The van der Waals surface area contributed by atoms with Crippen LogP contribution in [0.5, 0.6) is 0 Å². The van der Waals surface area contributed by atoms with E-state index in [0.29, 0.717) is 6.42 Å². The summed E-state index contributed by atoms with van der Waals surface area (Å²) in [5.41, 5.74) is 0. The van der Waals surface area contributed by atoms with Gasteiger partial charge < -0.3 is 24.6 Å². The lowest BCUT2D eigenvalue weighted by Gasteiger charge is -2.37. The van der Waals surface area contributed by atoms with E-state index in [1.165, 1.54) is 13.2 Å². The van der Waals surface area contributed by atoms with Crippen molar-refractivity contribution in [2.24, 2.45) is 0 Å². The van der Waals surface area contributed by atoms with Crippen LogP contribution in [-0.2, 0) is 14.2 Å². The van der Waals surface area contributed by atoms with E-state index in [-0.39, 0.29) is 6.61 Å². The Balaban J connectivity index is 2.49. The summed E-state index contributed by atoms with van der Waals surface area (Å²) in [5, 5.41) is 12.4. The van der Waals surface area contributed by atoms with Crippen LogP contribution in [0.4, 0.5) is 4.79 Å². The Hall–Kier alpha value is -1.11. The van der Waals surface area contributed by atoms with Crippen molar-refractivity contribution in [3.63, 3.8) is 0 Å². The van der Waals surface area contributed by atoms with Gasteiger partial charge in [-0.25, -0.2) is 4.79 Å². The summed E-state index contributed by atoms with van der Waals surface area (Å²) in [7, 11) is 1.52. The second kappa shape index (κ2) is 6.58. The molecule has 4 atom stereocenters. The van der Waals surface area contributed by atoms with Crippen molar-refractivity contribution in [3.8, 4) is 0 Å². The quantitative estimate of drug-likeness (QED) is 0.701. The van der Waals surface area contributed by atoms with Gasteiger partial charge in [-0.2, -0.15) is 0 Å². The molecule has 2 N–H and O–H groups in total. The summed E-state index contributed by atoms with van der Waals surface area (Å²) in [5.74, 6) is 0. The third-order valence-electron chi connectivity index (χ3n) is 2.60. The number of hydrogen-bond acceptors (Lipinski definition) is 5. The molecule has 0 saturated carbocycles. The summed E-state index contributed by atoms with van der Waals surface area (Å²) in [6, 6.07) is -0.444. The van der Waals surface area contributed by atoms with E-state index >= 15 is 0 Å². The predicted octanol–water partition coefficient (Wildman–Crippen LogP) is 0.409. The fourth-order valence-electron chi connectivity index (χ4n) is 1.67. The lowest BCUT2D eigenvalue weighted by atomic mass is 10.00. The highest BCUT2D eigenvalue weighted by Gasteiger charge is 2.36. The number of methoxy groups -OCH3 is 1. The van der Waals surface area contributed by atoms with Crippen LogP contribution in [0.2, 0.25) is 0 Å². The Morgan fingerprint density at radius 3 is 3.00 bits per heavy atom. The molecule has 17 heavy (non-hydrogen) atoms. The molecule has 1 aliphatic heterocycles. The molecule has 6 nitrogen and oxygen atoms in total. The summed E-state index contributed by atoms with van der Waals surface area (Å²) < 4.78 is 15.2. The standard InChI is InChI=1S/C11H19NO5/c1-4-5-16-11(14)12-8-6-9(15-3)17-7(2)10(8)13/h4,7-10,13H,1,5-6H2,2-3H3,(H,12,14)/t7-,8-,9?,10+/m0/s1. The number of carbonyl (C=O) groups excluding carboxylic acids is 1. The van der Waals surface area contributed by atoms with Gasteiger partial charge >= 0.3 is 6.09 Å². The lowest BCUT2D eigenvalue weighted by Crippen LogP contribution is -2.55. The van der Waals surface area contributed by atoms with E-state index in [1.54, 1.807) is 6.92 Å². The number of carbonyl (C=O) groups is 1. The minimum Gasteiger partial charge on any atom is -0.445 e. The first kappa shape index (κ1) is 14.0. The van der Waals surface area contributed by atoms with Crippen molar-refractivity contribution in [1.82, 2.24) is 5.32 Å². The molecule has 98 valence electrons. The van der Waals surface area contributed by atoms with E-state index in [9.17, 15) is 9.90 Å². The molecule has 1 amide bonds. The number of alkyl carbamates (subject to hydrolysis) is 1. The number of hydrogen-bond donors (Lipinski definition) is 2. The zero-order chi connectivity index (χ0) is 12.8. The smallest absolute Gasteiger partial charge is 0.407 e. The van der Waals surface area contributed by atoms with Gasteiger partial charge in [0.2, 0.25) is 0 Å². The van der Waals surface area contributed by atoms with Crippen molar-refractivity contribution in [2.45, 2.75) is 37.9 Å². The van der Waals surface area contributed by atoms with Crippen molar-refractivity contribution in [2.75, 3.05) is 13.7 Å². The van der Waals surface area contributed by atoms with Crippen LogP contribution >= 0.6 is 0 Å². The number of rotatable bonds is 4. The fraction of sp³-hybridized carbons (Fsp3) is 0.727. The van der Waals surface area contributed by atoms with Gasteiger partial charge in [-0.15, -0.1) is 0 Å². The van der Waals surface area contributed by atoms with Crippen LogP contribution in [0.15, 0.2) is 12.7 Å². The molecule has 1 fully saturated rings. The van der Waals surface area contributed by atoms with Gasteiger partial charge in [0.05, 0.1) is 12.1 Å². The molecule has 1 saturated heterocycles. The molecule has 0 aromatic heterocycles. The van der Waals surface area contributed by atoms with Gasteiger partial charge in [-0.1, -0.05) is 12.7 Å². The predicted molar refractivity (Wildman–Crippen MR) is 60.4 cm³/mol. The maximum absolute atomic E-state index is 11.3. The van der Waals surface area contributed by atoms with Crippen LogP contribution < -0.4 is 5.32 Å². The molecule has 0 aliphatic carbocycles. The number of ether oxygens (including phenoxy) is 3. The monoisotopic (exact) mass is 245 g/mol. The van der Waals surface area contributed by atoms with Gasteiger partial charge in [0.25, 0.3) is 0 Å². The second-order valence-electron chi connectivity index (χ2n) is 3.87. The number of aliphatic hydroxyl groups is 1. The summed E-state index contributed by atoms with van der Waals surface area (Å²) in [4.78, 5) is 11.3. The summed E-state index contributed by atoms with van der Waals surface area (Å²) in [6.45, 7) is 5.29. The Bertz CT molecular complexity index is 271. The van der Waals surface area contributed by atoms with E-state index in [4.69, 9.17) is 14.2 Å². The highest BCUT2D eigenvalue weighted by molar-refractivity contribution is 5.67. The highest BCUT2D eigenvalue weighted by Crippen LogP contribution is 2.20. The van der Waals surface area contributed by atoms with E-state index in [1.807, 2.05) is 0 Å². The molecular formula is C11H19NO5. The van der Waals surface area contributed by atoms with Crippen LogP contribution in [0.1, 0.15) is 13.3 Å². The molecule has 1 heterocycles. The number of aliphatic hydroxyl groups excluding tert-OH is 1. The zero-order valence-corrected chi connectivity index (χ0v) is 10.1. The average Bonchev–Trinajstić information content (AvgIpc) is 2.32. The molecule has 0 aromatic carbocycles. The average molecular weight is 245 g/mol. The highest BCUT2D eigenvalue weighted by atomic mass is 16.7. The molecule has 1 rings (SSSR count). The van der Waals surface area contributed by atoms with Crippen molar-refractivity contribution >= 4 is 6.09 Å². The Morgan fingerprint density at radius 2 is 2.41 bits per heavy atom. The van der Waals surface area contributed by atoms with Gasteiger partial charge in [0.15, 0.2) is 6.29 Å². The molecule has 1 unspecified atom stereocenters. The molecule has 0 aromatic rings. The second-order valence-corrected chi connectivity index (χ2v) is 3.87. The molecule has 0 bridgehead atoms. The largest absolute Gasteiger partial charge is 0.445 e. The van der Waals surface area contributed by atoms with E-state index in [2.05, 4.69) is 11.9 Å². The maximum Gasteiger partial charge on any atom is 0.407 e. The van der Waals surface area contributed by atoms with Crippen LogP contribution in [0.3, 0.4) is 0 Å². The van der Waals surface area contributed by atoms with Crippen molar-refractivity contribution < 1.29 is 24.1 Å². The fourth-order valence-corrected chi connectivity index (χ4v) is 1.67. The van der Waals surface area contributed by atoms with E-state index in [0.717, 1.165) is 0 Å². The molecule has 1 aliphatic rings. The minimum atomic E-state index is -0.780. The Morgan fingerprint density at radius 1 is 1.71 bits per heavy atom. The normalized spacial score (nSPS) is 32.9. The van der Waals surface area contributed by atoms with Gasteiger partial charge in [0.1, 0.15) is 12.7 Å². The van der Waals surface area contributed by atoms with Crippen LogP contribution in [0, 0.1) is 0 Å². The SMILES string of the molecule is C=CCOC(=O)N[C@H]1CC(OC)O[C@@H](C)[C@H]1O. The van der Waals surface area contributed by atoms with Crippen LogP contribution in [0.25, 0.3) is 0 Å². The summed E-state index contributed by atoms with van der Waals surface area (Å²) in [6.07, 6.45) is -0.349. The number of amides is 1. The van der Waals surface area contributed by atoms with Gasteiger partial charge in [-0.3, -0.25) is 0 Å². The van der Waals surface area contributed by atoms with Gasteiger partial charge in [-0.05, 0) is 6.92 Å². The Labute approximate surface area is 101 Å². The molecular weight excluding hydrogens is 226 g/mol. The van der Waals surface area contributed by atoms with Crippen molar-refractivity contribution in [3.05, 3.63) is 12.7 Å². The first-order valence-electron chi connectivity index (χ1n) is 5.49.